The van der Waals surface area contributed by atoms with Crippen molar-refractivity contribution in [3.8, 4) is 5.75 Å². The van der Waals surface area contributed by atoms with Gasteiger partial charge in [-0.1, -0.05) is 53.5 Å². The molecule has 2 aliphatic carbocycles. The van der Waals surface area contributed by atoms with Gasteiger partial charge in [-0.2, -0.15) is 0 Å². The number of hydrogen-bond donors (Lipinski definition) is 0. The van der Waals surface area contributed by atoms with Crippen LogP contribution in [0.15, 0.2) is 67.0 Å². The molecule has 0 radical (unpaired) electrons. The molecule has 0 saturated heterocycles. The van der Waals surface area contributed by atoms with Gasteiger partial charge in [-0.05, 0) is 111 Å². The first-order valence-corrected chi connectivity index (χ1v) is 15.6. The van der Waals surface area contributed by atoms with Crippen LogP contribution in [-0.2, 0) is 19.3 Å². The van der Waals surface area contributed by atoms with Crippen LogP contribution in [0.3, 0.4) is 0 Å². The lowest BCUT2D eigenvalue weighted by atomic mass is 9.77. The monoisotopic (exact) mass is 600 g/mol. The average Bonchev–Trinajstić information content (AvgIpc) is 3.51. The molecule has 1 heterocycles. The number of nitrogens with zero attached hydrogens (tertiary/aromatic N) is 2. The molecule has 0 aliphatic heterocycles. The normalized spacial score (nSPS) is 16.8. The van der Waals surface area contributed by atoms with Gasteiger partial charge >= 0.3 is 5.97 Å². The van der Waals surface area contributed by atoms with Crippen LogP contribution in [0.5, 0.6) is 5.75 Å². The Morgan fingerprint density at radius 2 is 1.71 bits per heavy atom. The summed E-state index contributed by atoms with van der Waals surface area (Å²) < 4.78 is 7.75. The molecule has 0 N–H and O–H groups in total. The molecule has 3 aromatic carbocycles. The molecule has 6 rings (SSSR count). The van der Waals surface area contributed by atoms with Crippen molar-refractivity contribution < 1.29 is 14.3 Å². The van der Waals surface area contributed by atoms with Crippen LogP contribution in [0.4, 0.5) is 0 Å². The van der Waals surface area contributed by atoms with E-state index >= 15 is 0 Å². The molecule has 1 unspecified atom stereocenters. The summed E-state index contributed by atoms with van der Waals surface area (Å²) in [5.74, 6) is 0.693. The quantitative estimate of drug-likeness (QED) is 0.115. The molecule has 216 valence electrons. The maximum atomic E-state index is 13.7. The number of imidazole rings is 1. The van der Waals surface area contributed by atoms with Crippen molar-refractivity contribution in [2.24, 2.45) is 0 Å². The molecule has 0 bridgehead atoms. The van der Waals surface area contributed by atoms with E-state index in [-0.39, 0.29) is 23.7 Å². The molecule has 1 aromatic heterocycles. The summed E-state index contributed by atoms with van der Waals surface area (Å²) in [5.41, 5.74) is 6.16. The molecule has 0 saturated carbocycles. The Kier molecular flexibility index (Phi) is 8.50. The average molecular weight is 602 g/mol. The Hall–Kier alpha value is -3.41. The number of benzene rings is 3. The lowest BCUT2D eigenvalue weighted by molar-refractivity contribution is 0.0732. The highest BCUT2D eigenvalue weighted by atomic mass is 35.5. The number of esters is 1. The van der Waals surface area contributed by atoms with Gasteiger partial charge in [0, 0.05) is 30.1 Å². The molecule has 5 nitrogen and oxygen atoms in total. The van der Waals surface area contributed by atoms with E-state index in [0.717, 1.165) is 62.5 Å². The molecule has 0 spiro atoms. The highest BCUT2D eigenvalue weighted by Crippen LogP contribution is 2.39. The molecule has 4 aromatic rings. The predicted octanol–water partition coefficient (Wildman–Crippen LogP) is 8.98. The summed E-state index contributed by atoms with van der Waals surface area (Å²) in [6.07, 6.45) is 12.7. The van der Waals surface area contributed by atoms with Gasteiger partial charge in [-0.15, -0.1) is 0 Å². The first-order chi connectivity index (χ1) is 20.4. The number of fused-ring (bicyclic) bond motifs is 2. The van der Waals surface area contributed by atoms with E-state index < -0.39 is 0 Å². The van der Waals surface area contributed by atoms with Gasteiger partial charge in [-0.25, -0.2) is 9.78 Å². The van der Waals surface area contributed by atoms with Crippen molar-refractivity contribution in [1.82, 2.24) is 9.55 Å². The molecule has 7 heteroatoms. The number of ether oxygens (including phenoxy) is 1. The van der Waals surface area contributed by atoms with Gasteiger partial charge in [0.1, 0.15) is 5.75 Å². The minimum atomic E-state index is -0.390. The number of carbonyl (C=O) groups is 2. The van der Waals surface area contributed by atoms with Gasteiger partial charge in [0.05, 0.1) is 15.6 Å². The highest BCUT2D eigenvalue weighted by Gasteiger charge is 2.28. The number of hydrogen-bond acceptors (Lipinski definition) is 4. The fourth-order valence-electron chi connectivity index (χ4n) is 6.71. The SMILES string of the molecule is C[C@@H](CCC1CCCc2cccc(C(=O)Oc3ccc(Cl)c(Cl)c3)c21)n1ccnc1C(=O)c1cccc2c1CCCC2. The van der Waals surface area contributed by atoms with Gasteiger partial charge < -0.3 is 9.30 Å². The van der Waals surface area contributed by atoms with E-state index in [1.165, 1.54) is 23.1 Å². The Morgan fingerprint density at radius 1 is 0.952 bits per heavy atom. The molecule has 0 fully saturated rings. The van der Waals surface area contributed by atoms with Crippen LogP contribution < -0.4 is 4.74 Å². The smallest absolute Gasteiger partial charge is 0.343 e. The number of aryl methyl sites for hydroxylation is 2. The van der Waals surface area contributed by atoms with Crippen LogP contribution in [0.2, 0.25) is 10.0 Å². The lowest BCUT2D eigenvalue weighted by Crippen LogP contribution is -2.20. The Bertz CT molecular complexity index is 1640. The van der Waals surface area contributed by atoms with Crippen molar-refractivity contribution >= 4 is 35.0 Å². The van der Waals surface area contributed by atoms with E-state index in [4.69, 9.17) is 27.9 Å². The second-order valence-electron chi connectivity index (χ2n) is 11.5. The maximum Gasteiger partial charge on any atom is 0.343 e. The molecule has 0 amide bonds. The zero-order valence-electron chi connectivity index (χ0n) is 23.7. The Labute approximate surface area is 256 Å². The van der Waals surface area contributed by atoms with Crippen molar-refractivity contribution in [3.63, 3.8) is 0 Å². The largest absolute Gasteiger partial charge is 0.423 e. The summed E-state index contributed by atoms with van der Waals surface area (Å²) in [5, 5.41) is 0.752. The first-order valence-electron chi connectivity index (χ1n) is 14.9. The molecule has 2 atom stereocenters. The fraction of sp³-hybridized carbons (Fsp3) is 0.343. The first kappa shape index (κ1) is 28.7. The Morgan fingerprint density at radius 3 is 2.55 bits per heavy atom. The van der Waals surface area contributed by atoms with E-state index in [2.05, 4.69) is 24.0 Å². The van der Waals surface area contributed by atoms with Crippen LogP contribution in [-0.4, -0.2) is 21.3 Å². The summed E-state index contributed by atoms with van der Waals surface area (Å²) in [7, 11) is 0. The number of aromatic nitrogens is 2. The minimum Gasteiger partial charge on any atom is -0.423 e. The zero-order valence-corrected chi connectivity index (χ0v) is 25.3. The summed E-state index contributed by atoms with van der Waals surface area (Å²) in [4.78, 5) is 31.6. The van der Waals surface area contributed by atoms with Crippen molar-refractivity contribution in [1.29, 1.82) is 0 Å². The third kappa shape index (κ3) is 5.77. The lowest BCUT2D eigenvalue weighted by Gasteiger charge is -2.29. The number of carbonyl (C=O) groups excluding carboxylic acids is 2. The summed E-state index contributed by atoms with van der Waals surface area (Å²) in [6, 6.07) is 16.9. The standard InChI is InChI=1S/C35H34Cl2N2O3/c1-22(39-20-19-38-34(39)33(40)28-13-5-8-23-7-2-3-12-27(23)28)15-16-25-10-4-9-24-11-6-14-29(32(24)25)35(41)42-26-17-18-30(36)31(37)21-26/h5-6,8,11,13-14,17-22,25H,2-4,7,9-10,12,15-16H2,1H3/t22-,25?/m0/s1. The number of ketones is 1. The van der Waals surface area contributed by atoms with E-state index in [1.54, 1.807) is 24.4 Å². The van der Waals surface area contributed by atoms with E-state index in [1.807, 2.05) is 35.0 Å². The van der Waals surface area contributed by atoms with Crippen LogP contribution in [0.25, 0.3) is 0 Å². The molecular formula is C35H34Cl2N2O3. The van der Waals surface area contributed by atoms with Crippen molar-refractivity contribution in [2.75, 3.05) is 0 Å². The molecule has 42 heavy (non-hydrogen) atoms. The van der Waals surface area contributed by atoms with Crippen molar-refractivity contribution in [2.45, 2.75) is 76.7 Å². The van der Waals surface area contributed by atoms with Crippen LogP contribution in [0, 0.1) is 0 Å². The molecule has 2 aliphatic rings. The second-order valence-corrected chi connectivity index (χ2v) is 12.3. The van der Waals surface area contributed by atoms with E-state index in [9.17, 15) is 9.59 Å². The van der Waals surface area contributed by atoms with Crippen LogP contribution in [0.1, 0.15) is 106 Å². The van der Waals surface area contributed by atoms with Crippen LogP contribution >= 0.6 is 23.2 Å². The van der Waals surface area contributed by atoms with Gasteiger partial charge in [0.25, 0.3) is 0 Å². The van der Waals surface area contributed by atoms with Gasteiger partial charge in [-0.3, -0.25) is 4.79 Å². The predicted molar refractivity (Wildman–Crippen MR) is 166 cm³/mol. The Balaban J connectivity index is 1.20. The maximum absolute atomic E-state index is 13.7. The summed E-state index contributed by atoms with van der Waals surface area (Å²) >= 11 is 12.2. The highest BCUT2D eigenvalue weighted by molar-refractivity contribution is 6.42. The molecular weight excluding hydrogens is 567 g/mol. The number of halogens is 2. The van der Waals surface area contributed by atoms with E-state index in [0.29, 0.717) is 27.2 Å². The minimum absolute atomic E-state index is 0.000876. The fourth-order valence-corrected chi connectivity index (χ4v) is 6.99. The third-order valence-electron chi connectivity index (χ3n) is 8.84. The van der Waals surface area contributed by atoms with Gasteiger partial charge in [0.15, 0.2) is 5.82 Å². The zero-order chi connectivity index (χ0) is 29.2. The topological polar surface area (TPSA) is 61.2 Å². The van der Waals surface area contributed by atoms with Crippen molar-refractivity contribution in [3.05, 3.63) is 116 Å². The number of rotatable bonds is 8. The second kappa shape index (κ2) is 12.4. The summed E-state index contributed by atoms with van der Waals surface area (Å²) in [6.45, 7) is 2.15. The van der Waals surface area contributed by atoms with Gasteiger partial charge in [0.2, 0.25) is 5.78 Å². The third-order valence-corrected chi connectivity index (χ3v) is 9.58.